The summed E-state index contributed by atoms with van der Waals surface area (Å²) in [5, 5.41) is 14.2. The van der Waals surface area contributed by atoms with Crippen LogP contribution in [-0.4, -0.2) is 56.8 Å². The molecule has 1 unspecified atom stereocenters. The van der Waals surface area contributed by atoms with Crippen molar-refractivity contribution in [3.05, 3.63) is 81.0 Å². The van der Waals surface area contributed by atoms with Gasteiger partial charge in [0.25, 0.3) is 5.91 Å². The first-order valence-electron chi connectivity index (χ1n) is 12.8. The van der Waals surface area contributed by atoms with Gasteiger partial charge < -0.3 is 29.4 Å². The first-order valence-corrected chi connectivity index (χ1v) is 14.0. The molecule has 0 bridgehead atoms. The van der Waals surface area contributed by atoms with E-state index in [1.54, 1.807) is 35.6 Å². The maximum atomic E-state index is 14.0. The minimum Gasteiger partial charge on any atom is -0.392 e. The van der Waals surface area contributed by atoms with E-state index in [1.165, 1.54) is 18.2 Å². The van der Waals surface area contributed by atoms with E-state index in [-0.39, 0.29) is 25.1 Å². The normalized spacial score (nSPS) is 16.6. The van der Waals surface area contributed by atoms with E-state index < -0.39 is 5.82 Å². The third-order valence-corrected chi connectivity index (χ3v) is 8.45. The number of thiazole rings is 1. The first-order chi connectivity index (χ1) is 19.4. The number of carbonyl (C=O) groups excluding carboxylic acids is 1. The Morgan fingerprint density at radius 1 is 1.30 bits per heavy atom. The third-order valence-electron chi connectivity index (χ3n) is 7.16. The molecule has 40 heavy (non-hydrogen) atoms. The number of carbonyl (C=O) groups is 1. The Labute approximate surface area is 239 Å². The molecule has 0 radical (unpaired) electrons. The minimum absolute atomic E-state index is 0.147. The zero-order valence-electron chi connectivity index (χ0n) is 21.7. The maximum absolute atomic E-state index is 14.0. The molecule has 4 aromatic rings. The molecular formula is C28H27ClFN5O4S. The molecule has 9 nitrogen and oxygen atoms in total. The lowest BCUT2D eigenvalue weighted by molar-refractivity contribution is 0.0386. The van der Waals surface area contributed by atoms with Crippen LogP contribution < -0.4 is 5.32 Å². The van der Waals surface area contributed by atoms with E-state index in [2.05, 4.69) is 15.3 Å². The Kier molecular flexibility index (Phi) is 7.56. The second-order valence-electron chi connectivity index (χ2n) is 9.75. The molecular weight excluding hydrogens is 557 g/mol. The van der Waals surface area contributed by atoms with E-state index in [1.807, 2.05) is 16.8 Å². The number of benzene rings is 1. The van der Waals surface area contributed by atoms with Gasteiger partial charge in [-0.25, -0.2) is 14.4 Å². The number of amides is 1. The van der Waals surface area contributed by atoms with Crippen LogP contribution in [0.2, 0.25) is 5.02 Å². The molecule has 2 aliphatic heterocycles. The fraction of sp³-hybridized carbons (Fsp3) is 0.321. The lowest BCUT2D eigenvalue weighted by Crippen LogP contribution is -2.49. The molecule has 0 fully saturated rings. The van der Waals surface area contributed by atoms with E-state index in [0.29, 0.717) is 54.0 Å². The van der Waals surface area contributed by atoms with E-state index in [9.17, 15) is 14.3 Å². The Balaban J connectivity index is 1.29. The van der Waals surface area contributed by atoms with Crippen LogP contribution in [0.1, 0.15) is 32.2 Å². The van der Waals surface area contributed by atoms with Gasteiger partial charge in [0.1, 0.15) is 17.3 Å². The SMILES string of the molecule is COCC1Cn2cc(-c3cc(Nc4nc5c(s4)COCC5)ncc3Cl)cc2C(=O)N1Cc1cc(F)ccc1CO. The van der Waals surface area contributed by atoms with Gasteiger partial charge in [0.15, 0.2) is 5.13 Å². The smallest absolute Gasteiger partial charge is 0.271 e. The summed E-state index contributed by atoms with van der Waals surface area (Å²) in [6.07, 6.45) is 4.27. The van der Waals surface area contributed by atoms with Crippen molar-refractivity contribution in [1.29, 1.82) is 0 Å². The maximum Gasteiger partial charge on any atom is 0.271 e. The Hall–Kier alpha value is -3.35. The molecule has 5 heterocycles. The number of anilines is 2. The average molecular weight is 584 g/mol. The molecule has 12 heteroatoms. The van der Waals surface area contributed by atoms with Crippen molar-refractivity contribution >= 4 is 39.8 Å². The molecule has 6 rings (SSSR count). The van der Waals surface area contributed by atoms with Gasteiger partial charge in [-0.1, -0.05) is 29.0 Å². The summed E-state index contributed by atoms with van der Waals surface area (Å²) in [5.74, 6) is -0.0520. The highest BCUT2D eigenvalue weighted by atomic mass is 35.5. The monoisotopic (exact) mass is 583 g/mol. The Morgan fingerprint density at radius 3 is 2.98 bits per heavy atom. The molecule has 0 spiro atoms. The fourth-order valence-electron chi connectivity index (χ4n) is 5.16. The zero-order chi connectivity index (χ0) is 27.8. The molecule has 2 aliphatic rings. The Bertz CT molecular complexity index is 1550. The average Bonchev–Trinajstić information content (AvgIpc) is 3.56. The van der Waals surface area contributed by atoms with Gasteiger partial charge >= 0.3 is 0 Å². The molecule has 208 valence electrons. The Morgan fingerprint density at radius 2 is 2.17 bits per heavy atom. The van der Waals surface area contributed by atoms with Crippen LogP contribution in [0.5, 0.6) is 0 Å². The van der Waals surface area contributed by atoms with Gasteiger partial charge in [-0.3, -0.25) is 4.79 Å². The highest BCUT2D eigenvalue weighted by Crippen LogP contribution is 2.35. The van der Waals surface area contributed by atoms with Gasteiger partial charge in [-0.15, -0.1) is 0 Å². The van der Waals surface area contributed by atoms with Crippen LogP contribution in [0.4, 0.5) is 15.3 Å². The number of hydrogen-bond donors (Lipinski definition) is 2. The van der Waals surface area contributed by atoms with Gasteiger partial charge in [0, 0.05) is 50.1 Å². The summed E-state index contributed by atoms with van der Waals surface area (Å²) >= 11 is 8.12. The summed E-state index contributed by atoms with van der Waals surface area (Å²) in [6.45, 7) is 1.93. The minimum atomic E-state index is -0.423. The van der Waals surface area contributed by atoms with Crippen molar-refractivity contribution in [2.45, 2.75) is 38.8 Å². The molecule has 3 aromatic heterocycles. The number of aliphatic hydroxyl groups is 1. The molecule has 1 aromatic carbocycles. The summed E-state index contributed by atoms with van der Waals surface area (Å²) in [6, 6.07) is 7.56. The highest BCUT2D eigenvalue weighted by Gasteiger charge is 2.34. The number of methoxy groups -OCH3 is 1. The summed E-state index contributed by atoms with van der Waals surface area (Å²) in [7, 11) is 1.58. The van der Waals surface area contributed by atoms with Crippen LogP contribution in [0.25, 0.3) is 11.1 Å². The lowest BCUT2D eigenvalue weighted by atomic mass is 10.0. The zero-order valence-corrected chi connectivity index (χ0v) is 23.3. The number of ether oxygens (including phenoxy) is 2. The van der Waals surface area contributed by atoms with Gasteiger partial charge in [-0.2, -0.15) is 0 Å². The summed E-state index contributed by atoms with van der Waals surface area (Å²) in [5.41, 5.74) is 4.15. The van der Waals surface area contributed by atoms with Crippen LogP contribution >= 0.6 is 22.9 Å². The van der Waals surface area contributed by atoms with Crippen LogP contribution in [-0.2, 0) is 42.2 Å². The molecule has 0 saturated heterocycles. The number of nitrogens with one attached hydrogen (secondary N) is 1. The molecule has 1 amide bonds. The standard InChI is InChI=1S/C28H27ClFN5O4S/c1-38-14-20-12-34-10-18(7-24(34)27(37)35(20)11-17-6-19(30)3-2-16(17)13-36)21-8-26(31-9-22(21)29)33-28-32-23-4-5-39-15-25(23)40-28/h2-3,6-10,20,36H,4-5,11-15H2,1H3,(H,31,32,33). The molecule has 2 N–H and O–H groups in total. The number of pyridine rings is 1. The third kappa shape index (κ3) is 5.23. The van der Waals surface area contributed by atoms with Crippen molar-refractivity contribution in [3.63, 3.8) is 0 Å². The number of aliphatic hydroxyl groups excluding tert-OH is 1. The molecule has 0 saturated carbocycles. The van der Waals surface area contributed by atoms with Crippen molar-refractivity contribution in [2.75, 3.05) is 25.6 Å². The summed E-state index contributed by atoms with van der Waals surface area (Å²) < 4.78 is 26.9. The van der Waals surface area contributed by atoms with E-state index in [0.717, 1.165) is 33.3 Å². The van der Waals surface area contributed by atoms with Crippen molar-refractivity contribution < 1.29 is 23.8 Å². The van der Waals surface area contributed by atoms with E-state index in [4.69, 9.17) is 21.1 Å². The summed E-state index contributed by atoms with van der Waals surface area (Å²) in [4.78, 5) is 25.6. The number of halogens is 2. The predicted molar refractivity (Wildman–Crippen MR) is 149 cm³/mol. The van der Waals surface area contributed by atoms with Crippen LogP contribution in [0.15, 0.2) is 42.7 Å². The number of aromatic nitrogens is 3. The fourth-order valence-corrected chi connectivity index (χ4v) is 6.32. The number of fused-ring (bicyclic) bond motifs is 2. The second-order valence-corrected chi connectivity index (χ2v) is 11.2. The second kappa shape index (κ2) is 11.3. The lowest BCUT2D eigenvalue weighted by Gasteiger charge is -2.36. The largest absolute Gasteiger partial charge is 0.392 e. The van der Waals surface area contributed by atoms with Crippen LogP contribution in [0.3, 0.4) is 0 Å². The van der Waals surface area contributed by atoms with Crippen molar-refractivity contribution in [2.24, 2.45) is 0 Å². The highest BCUT2D eigenvalue weighted by molar-refractivity contribution is 7.15. The van der Waals surface area contributed by atoms with E-state index >= 15 is 0 Å². The molecule has 1 atom stereocenters. The van der Waals surface area contributed by atoms with Crippen molar-refractivity contribution in [3.8, 4) is 11.1 Å². The van der Waals surface area contributed by atoms with Gasteiger partial charge in [-0.05, 0) is 35.4 Å². The topological polar surface area (TPSA) is 102 Å². The van der Waals surface area contributed by atoms with Gasteiger partial charge in [0.05, 0.1) is 48.1 Å². The number of hydrogen-bond acceptors (Lipinski definition) is 8. The van der Waals surface area contributed by atoms with Gasteiger partial charge in [0.2, 0.25) is 0 Å². The quantitative estimate of drug-likeness (QED) is 0.308. The van der Waals surface area contributed by atoms with Crippen LogP contribution in [0, 0.1) is 5.82 Å². The predicted octanol–water partition coefficient (Wildman–Crippen LogP) is 4.78. The number of rotatable bonds is 8. The molecule has 0 aliphatic carbocycles. The first kappa shape index (κ1) is 26.9. The number of nitrogens with zero attached hydrogens (tertiary/aromatic N) is 4. The van der Waals surface area contributed by atoms with Crippen molar-refractivity contribution in [1.82, 2.24) is 19.4 Å².